The molecule has 0 bridgehead atoms. The third-order valence-corrected chi connectivity index (χ3v) is 4.29. The second kappa shape index (κ2) is 5.60. The summed E-state index contributed by atoms with van der Waals surface area (Å²) in [5.74, 6) is 0.448. The number of benzene rings is 1. The maximum absolute atomic E-state index is 6.03. The van der Waals surface area contributed by atoms with Crippen LogP contribution in [0.5, 0.6) is 0 Å². The average Bonchev–Trinajstić information content (AvgIpc) is 2.51. The summed E-state index contributed by atoms with van der Waals surface area (Å²) >= 11 is 11.1. The van der Waals surface area contributed by atoms with E-state index in [4.69, 9.17) is 29.6 Å². The number of hydrogen-bond donors (Lipinski definition) is 1. The van der Waals surface area contributed by atoms with Crippen LogP contribution in [-0.4, -0.2) is 27.0 Å². The second-order valence-electron chi connectivity index (χ2n) is 4.84. The lowest BCUT2D eigenvalue weighted by Gasteiger charge is -2.19. The lowest BCUT2D eigenvalue weighted by molar-refractivity contribution is 0.882. The Morgan fingerprint density at radius 1 is 1.29 bits per heavy atom. The second-order valence-corrected chi connectivity index (χ2v) is 5.64. The zero-order valence-electron chi connectivity index (χ0n) is 11.3. The van der Waals surface area contributed by atoms with Crippen molar-refractivity contribution in [2.45, 2.75) is 19.0 Å². The Balaban J connectivity index is 2.08. The first kappa shape index (κ1) is 14.3. The van der Waals surface area contributed by atoms with Gasteiger partial charge in [0.2, 0.25) is 0 Å². The van der Waals surface area contributed by atoms with Crippen LogP contribution in [0, 0.1) is 0 Å². The Bertz CT molecular complexity index is 779. The molecule has 2 aromatic rings. The van der Waals surface area contributed by atoms with E-state index < -0.39 is 6.17 Å². The van der Waals surface area contributed by atoms with Crippen molar-refractivity contribution in [3.05, 3.63) is 42.2 Å². The van der Waals surface area contributed by atoms with Gasteiger partial charge in [0.25, 0.3) is 0 Å². The fourth-order valence-corrected chi connectivity index (χ4v) is 2.62. The molecule has 0 spiro atoms. The minimum absolute atomic E-state index is 0.112. The summed E-state index contributed by atoms with van der Waals surface area (Å²) in [6, 6.07) is 10.0. The average molecular weight is 317 g/mol. The third-order valence-electron chi connectivity index (χ3n) is 3.46. The molecule has 0 saturated heterocycles. The molecular formula is C15H13ClN4S. The van der Waals surface area contributed by atoms with E-state index in [0.717, 1.165) is 16.5 Å². The van der Waals surface area contributed by atoms with E-state index in [1.165, 1.54) is 0 Å². The largest absolute Gasteiger partial charge is 0.305 e. The minimum Gasteiger partial charge on any atom is -0.305 e. The van der Waals surface area contributed by atoms with Gasteiger partial charge >= 0.3 is 0 Å². The van der Waals surface area contributed by atoms with Crippen molar-refractivity contribution in [1.29, 1.82) is 0 Å². The van der Waals surface area contributed by atoms with Crippen LogP contribution >= 0.6 is 23.8 Å². The standard InChI is InChI=1S/C15H13ClN4S/c1-8(15-19-13(16)12(21)14(17)20-15)11-10-5-3-2-4-9(10)6-7-18-11/h2-8,14H,17H2,1H3. The lowest BCUT2D eigenvalue weighted by Crippen LogP contribution is -2.36. The zero-order valence-corrected chi connectivity index (χ0v) is 12.9. The molecule has 0 radical (unpaired) electrons. The minimum atomic E-state index is -0.613. The van der Waals surface area contributed by atoms with Crippen LogP contribution in [0.3, 0.4) is 0 Å². The Morgan fingerprint density at radius 2 is 2.05 bits per heavy atom. The monoisotopic (exact) mass is 316 g/mol. The molecule has 0 amide bonds. The lowest BCUT2D eigenvalue weighted by atomic mass is 9.99. The molecule has 1 aromatic carbocycles. The summed E-state index contributed by atoms with van der Waals surface area (Å²) < 4.78 is 0. The number of rotatable bonds is 2. The highest BCUT2D eigenvalue weighted by molar-refractivity contribution is 7.82. The van der Waals surface area contributed by atoms with Crippen molar-refractivity contribution < 1.29 is 0 Å². The van der Waals surface area contributed by atoms with Gasteiger partial charge in [-0.1, -0.05) is 48.1 Å². The summed E-state index contributed by atoms with van der Waals surface area (Å²) in [5.41, 5.74) is 6.78. The number of aliphatic imine (C=N–C) groups is 2. The Labute approximate surface area is 132 Å². The summed E-state index contributed by atoms with van der Waals surface area (Å²) in [7, 11) is 0. The predicted molar refractivity (Wildman–Crippen MR) is 91.5 cm³/mol. The Kier molecular flexibility index (Phi) is 3.80. The van der Waals surface area contributed by atoms with E-state index in [2.05, 4.69) is 15.0 Å². The van der Waals surface area contributed by atoms with Gasteiger partial charge < -0.3 is 5.73 Å². The Hall–Kier alpha value is -1.69. The maximum Gasteiger partial charge on any atom is 0.148 e. The fourth-order valence-electron chi connectivity index (χ4n) is 2.33. The predicted octanol–water partition coefficient (Wildman–Crippen LogP) is 3.04. The Morgan fingerprint density at radius 3 is 2.81 bits per heavy atom. The first-order valence-electron chi connectivity index (χ1n) is 6.53. The molecule has 21 heavy (non-hydrogen) atoms. The number of amidine groups is 1. The van der Waals surface area contributed by atoms with Crippen molar-refractivity contribution >= 4 is 50.5 Å². The van der Waals surface area contributed by atoms with Crippen LogP contribution < -0.4 is 5.73 Å². The molecule has 2 atom stereocenters. The summed E-state index contributed by atoms with van der Waals surface area (Å²) in [5, 5.41) is 2.44. The van der Waals surface area contributed by atoms with Crippen LogP contribution in [0.2, 0.25) is 0 Å². The maximum atomic E-state index is 6.03. The SMILES string of the molecule is CC(C1=NC(N)C(=S)C(Cl)=N1)c1nccc2ccccc12. The molecule has 106 valence electrons. The number of halogens is 1. The number of hydrogen-bond acceptors (Lipinski definition) is 5. The topological polar surface area (TPSA) is 63.6 Å². The van der Waals surface area contributed by atoms with Gasteiger partial charge in [-0.15, -0.1) is 0 Å². The highest BCUT2D eigenvalue weighted by atomic mass is 35.5. The number of thiocarbonyl (C=S) groups is 1. The quantitative estimate of drug-likeness (QED) is 0.866. The van der Waals surface area contributed by atoms with Crippen LogP contribution in [0.4, 0.5) is 0 Å². The number of nitrogens with two attached hydrogens (primary N) is 1. The van der Waals surface area contributed by atoms with E-state index in [0.29, 0.717) is 10.7 Å². The molecular weight excluding hydrogens is 304 g/mol. The van der Waals surface area contributed by atoms with Gasteiger partial charge in [0.1, 0.15) is 17.2 Å². The van der Waals surface area contributed by atoms with Crippen LogP contribution in [0.15, 0.2) is 46.5 Å². The number of pyridine rings is 1. The highest BCUT2D eigenvalue weighted by Crippen LogP contribution is 2.26. The molecule has 0 aliphatic carbocycles. The van der Waals surface area contributed by atoms with Gasteiger partial charge in [-0.3, -0.25) is 4.98 Å². The van der Waals surface area contributed by atoms with Gasteiger partial charge in [-0.2, -0.15) is 0 Å². The number of nitrogens with zero attached hydrogens (tertiary/aromatic N) is 3. The molecule has 3 rings (SSSR count). The van der Waals surface area contributed by atoms with Gasteiger partial charge in [-0.25, -0.2) is 9.98 Å². The molecule has 1 aromatic heterocycles. The molecule has 2 unspecified atom stereocenters. The van der Waals surface area contributed by atoms with Crippen LogP contribution in [0.1, 0.15) is 18.5 Å². The van der Waals surface area contributed by atoms with E-state index in [1.54, 1.807) is 6.20 Å². The highest BCUT2D eigenvalue weighted by Gasteiger charge is 2.25. The van der Waals surface area contributed by atoms with Gasteiger partial charge in [0.15, 0.2) is 0 Å². The molecule has 1 aliphatic heterocycles. The molecule has 0 saturated carbocycles. The smallest absolute Gasteiger partial charge is 0.148 e. The number of fused-ring (bicyclic) bond motifs is 1. The van der Waals surface area contributed by atoms with Crippen molar-refractivity contribution in [1.82, 2.24) is 4.98 Å². The first-order chi connectivity index (χ1) is 10.1. The van der Waals surface area contributed by atoms with Gasteiger partial charge in [-0.05, 0) is 18.4 Å². The molecule has 4 nitrogen and oxygen atoms in total. The van der Waals surface area contributed by atoms with Crippen LogP contribution in [-0.2, 0) is 0 Å². The van der Waals surface area contributed by atoms with E-state index >= 15 is 0 Å². The fraction of sp³-hybridized carbons (Fsp3) is 0.200. The molecule has 6 heteroatoms. The zero-order chi connectivity index (χ0) is 15.0. The van der Waals surface area contributed by atoms with E-state index in [-0.39, 0.29) is 11.1 Å². The first-order valence-corrected chi connectivity index (χ1v) is 7.32. The molecule has 1 aliphatic rings. The van der Waals surface area contributed by atoms with E-state index in [9.17, 15) is 0 Å². The third kappa shape index (κ3) is 2.60. The molecule has 2 N–H and O–H groups in total. The van der Waals surface area contributed by atoms with Crippen molar-refractivity contribution in [3.63, 3.8) is 0 Å². The van der Waals surface area contributed by atoms with Gasteiger partial charge in [0, 0.05) is 11.6 Å². The number of aromatic nitrogens is 1. The van der Waals surface area contributed by atoms with Crippen molar-refractivity contribution in [2.75, 3.05) is 0 Å². The molecule has 0 fully saturated rings. The normalized spacial score (nSPS) is 20.1. The van der Waals surface area contributed by atoms with E-state index in [1.807, 2.05) is 37.3 Å². The summed E-state index contributed by atoms with van der Waals surface area (Å²) in [4.78, 5) is 13.5. The summed E-state index contributed by atoms with van der Waals surface area (Å²) in [6.07, 6.45) is 1.17. The van der Waals surface area contributed by atoms with Gasteiger partial charge in [0.05, 0.1) is 16.5 Å². The van der Waals surface area contributed by atoms with Crippen molar-refractivity contribution in [3.8, 4) is 0 Å². The summed E-state index contributed by atoms with van der Waals surface area (Å²) in [6.45, 7) is 1.99. The van der Waals surface area contributed by atoms with Crippen LogP contribution in [0.25, 0.3) is 10.8 Å². The molecule has 2 heterocycles. The van der Waals surface area contributed by atoms with Crippen molar-refractivity contribution in [2.24, 2.45) is 15.7 Å².